The molecule has 2 aliphatic rings. The van der Waals surface area contributed by atoms with Crippen molar-refractivity contribution in [3.8, 4) is 0 Å². The second kappa shape index (κ2) is 6.51. The van der Waals surface area contributed by atoms with Gasteiger partial charge < -0.3 is 9.64 Å². The van der Waals surface area contributed by atoms with Crippen LogP contribution in [0.4, 0.5) is 13.2 Å². The van der Waals surface area contributed by atoms with Crippen molar-refractivity contribution in [2.24, 2.45) is 0 Å². The number of nitrogens with zero attached hydrogens (tertiary/aromatic N) is 1. The Hall–Kier alpha value is -1.56. The number of benzene rings is 1. The third-order valence-electron chi connectivity index (χ3n) is 4.68. The van der Waals surface area contributed by atoms with Gasteiger partial charge in [-0.3, -0.25) is 4.79 Å². The number of hydrogen-bond acceptors (Lipinski definition) is 2. The van der Waals surface area contributed by atoms with Gasteiger partial charge in [0.25, 0.3) is 0 Å². The molecule has 2 heterocycles. The molecule has 2 atom stereocenters. The van der Waals surface area contributed by atoms with Gasteiger partial charge in [0.05, 0.1) is 24.1 Å². The molecule has 3 rings (SSSR count). The Morgan fingerprint density at radius 3 is 2.70 bits per heavy atom. The maximum Gasteiger partial charge on any atom is 0.416 e. The summed E-state index contributed by atoms with van der Waals surface area (Å²) in [4.78, 5) is 14.3. The zero-order chi connectivity index (χ0) is 16.4. The fraction of sp³-hybridized carbons (Fsp3) is 0.588. The van der Waals surface area contributed by atoms with Crippen molar-refractivity contribution >= 4 is 5.91 Å². The third-order valence-corrected chi connectivity index (χ3v) is 4.68. The van der Waals surface area contributed by atoms with E-state index in [-0.39, 0.29) is 30.0 Å². The standard InChI is InChI=1S/C17H20F3NO2/c18-17(19,20)13-6-2-1-5-12(13)11-16(22)21-9-3-7-14(21)15-8-4-10-23-15/h1-2,5-6,14-15H,3-4,7-11H2/t14-,15-/m1/s1. The first kappa shape index (κ1) is 16.3. The fourth-order valence-electron chi connectivity index (χ4n) is 3.61. The van der Waals surface area contributed by atoms with Gasteiger partial charge in [-0.25, -0.2) is 0 Å². The Kier molecular flexibility index (Phi) is 4.62. The second-order valence-electron chi connectivity index (χ2n) is 6.18. The molecule has 2 fully saturated rings. The highest BCUT2D eigenvalue weighted by atomic mass is 19.4. The van der Waals surface area contributed by atoms with Crippen LogP contribution in [0, 0.1) is 0 Å². The largest absolute Gasteiger partial charge is 0.416 e. The van der Waals surface area contributed by atoms with E-state index in [0.717, 1.165) is 31.7 Å². The summed E-state index contributed by atoms with van der Waals surface area (Å²) in [6.45, 7) is 1.32. The minimum atomic E-state index is -4.43. The van der Waals surface area contributed by atoms with Gasteiger partial charge in [-0.1, -0.05) is 18.2 Å². The minimum Gasteiger partial charge on any atom is -0.376 e. The number of rotatable bonds is 3. The van der Waals surface area contributed by atoms with Gasteiger partial charge in [0.2, 0.25) is 5.91 Å². The number of alkyl halides is 3. The number of likely N-dealkylation sites (tertiary alicyclic amines) is 1. The summed E-state index contributed by atoms with van der Waals surface area (Å²) in [5.41, 5.74) is -0.677. The van der Waals surface area contributed by atoms with Crippen LogP contribution in [0.3, 0.4) is 0 Å². The summed E-state index contributed by atoms with van der Waals surface area (Å²) in [6, 6.07) is 5.33. The number of carbonyl (C=O) groups excluding carboxylic acids is 1. The lowest BCUT2D eigenvalue weighted by Crippen LogP contribution is -2.43. The van der Waals surface area contributed by atoms with Crippen LogP contribution in [0.5, 0.6) is 0 Å². The highest BCUT2D eigenvalue weighted by Crippen LogP contribution is 2.33. The van der Waals surface area contributed by atoms with E-state index in [0.29, 0.717) is 13.2 Å². The zero-order valence-electron chi connectivity index (χ0n) is 12.8. The first-order valence-electron chi connectivity index (χ1n) is 8.03. The highest BCUT2D eigenvalue weighted by molar-refractivity contribution is 5.80. The van der Waals surface area contributed by atoms with Crippen LogP contribution in [0.15, 0.2) is 24.3 Å². The fourth-order valence-corrected chi connectivity index (χ4v) is 3.61. The molecule has 23 heavy (non-hydrogen) atoms. The van der Waals surface area contributed by atoms with Gasteiger partial charge in [-0.2, -0.15) is 13.2 Å². The predicted molar refractivity (Wildman–Crippen MR) is 78.9 cm³/mol. The molecule has 126 valence electrons. The zero-order valence-corrected chi connectivity index (χ0v) is 12.8. The van der Waals surface area contributed by atoms with Crippen LogP contribution in [-0.2, 0) is 22.1 Å². The molecule has 0 bridgehead atoms. The quantitative estimate of drug-likeness (QED) is 0.851. The molecular weight excluding hydrogens is 307 g/mol. The summed E-state index contributed by atoms with van der Waals surface area (Å²) in [5.74, 6) is -0.236. The van der Waals surface area contributed by atoms with Gasteiger partial charge in [0.15, 0.2) is 0 Å². The molecule has 2 aliphatic heterocycles. The van der Waals surface area contributed by atoms with Crippen molar-refractivity contribution in [1.29, 1.82) is 0 Å². The van der Waals surface area contributed by atoms with Gasteiger partial charge >= 0.3 is 6.18 Å². The van der Waals surface area contributed by atoms with Crippen molar-refractivity contribution < 1.29 is 22.7 Å². The molecule has 6 heteroatoms. The lowest BCUT2D eigenvalue weighted by Gasteiger charge is -2.29. The van der Waals surface area contributed by atoms with E-state index in [1.165, 1.54) is 12.1 Å². The van der Waals surface area contributed by atoms with Crippen molar-refractivity contribution in [3.63, 3.8) is 0 Å². The smallest absolute Gasteiger partial charge is 0.376 e. The third kappa shape index (κ3) is 3.52. The van der Waals surface area contributed by atoms with Crippen LogP contribution in [0.25, 0.3) is 0 Å². The molecule has 1 aromatic carbocycles. The molecule has 1 aromatic rings. The average molecular weight is 327 g/mol. The monoisotopic (exact) mass is 327 g/mol. The number of hydrogen-bond donors (Lipinski definition) is 0. The van der Waals surface area contributed by atoms with Gasteiger partial charge in [-0.05, 0) is 37.3 Å². The second-order valence-corrected chi connectivity index (χ2v) is 6.18. The Morgan fingerprint density at radius 2 is 2.00 bits per heavy atom. The van der Waals surface area contributed by atoms with E-state index in [9.17, 15) is 18.0 Å². The molecule has 0 aromatic heterocycles. The molecule has 0 aliphatic carbocycles. The van der Waals surface area contributed by atoms with E-state index in [4.69, 9.17) is 4.74 Å². The number of carbonyl (C=O) groups is 1. The van der Waals surface area contributed by atoms with E-state index in [1.54, 1.807) is 11.0 Å². The number of halogens is 3. The van der Waals surface area contributed by atoms with Gasteiger partial charge in [0, 0.05) is 13.2 Å². The summed E-state index contributed by atoms with van der Waals surface area (Å²) in [7, 11) is 0. The van der Waals surface area contributed by atoms with Crippen molar-refractivity contribution in [3.05, 3.63) is 35.4 Å². The van der Waals surface area contributed by atoms with Crippen LogP contribution < -0.4 is 0 Å². The topological polar surface area (TPSA) is 29.5 Å². The Labute approximate surface area is 133 Å². The van der Waals surface area contributed by atoms with Crippen molar-refractivity contribution in [2.75, 3.05) is 13.2 Å². The highest BCUT2D eigenvalue weighted by Gasteiger charge is 2.38. The van der Waals surface area contributed by atoms with E-state index >= 15 is 0 Å². The van der Waals surface area contributed by atoms with Crippen LogP contribution in [0.2, 0.25) is 0 Å². The molecule has 0 unspecified atom stereocenters. The normalized spacial score (nSPS) is 25.1. The van der Waals surface area contributed by atoms with Gasteiger partial charge in [0.1, 0.15) is 0 Å². The SMILES string of the molecule is O=C(Cc1ccccc1C(F)(F)F)N1CCC[C@@H]1[C@H]1CCCO1. The van der Waals surface area contributed by atoms with Crippen LogP contribution in [0.1, 0.15) is 36.8 Å². The van der Waals surface area contributed by atoms with E-state index in [1.807, 2.05) is 0 Å². The molecule has 0 radical (unpaired) electrons. The molecule has 1 amide bonds. The van der Waals surface area contributed by atoms with E-state index < -0.39 is 11.7 Å². The summed E-state index contributed by atoms with van der Waals surface area (Å²) in [5, 5.41) is 0. The maximum absolute atomic E-state index is 13.1. The van der Waals surface area contributed by atoms with Crippen molar-refractivity contribution in [2.45, 2.75) is 50.4 Å². The minimum absolute atomic E-state index is 0.0167. The summed E-state index contributed by atoms with van der Waals surface area (Å²) < 4.78 is 44.8. The number of ether oxygens (including phenoxy) is 1. The average Bonchev–Trinajstić information content (AvgIpc) is 3.17. The summed E-state index contributed by atoms with van der Waals surface area (Å²) in [6.07, 6.45) is -0.934. The Balaban J connectivity index is 1.74. The lowest BCUT2D eigenvalue weighted by atomic mass is 10.0. The Bertz CT molecular complexity index is 567. The molecule has 0 N–H and O–H groups in total. The molecule has 0 spiro atoms. The van der Waals surface area contributed by atoms with E-state index in [2.05, 4.69) is 0 Å². The van der Waals surface area contributed by atoms with Crippen molar-refractivity contribution in [1.82, 2.24) is 4.90 Å². The molecule has 0 saturated carbocycles. The predicted octanol–water partition coefficient (Wildman–Crippen LogP) is 3.42. The molecular formula is C17H20F3NO2. The first-order valence-corrected chi connectivity index (χ1v) is 8.03. The molecule has 2 saturated heterocycles. The Morgan fingerprint density at radius 1 is 1.22 bits per heavy atom. The van der Waals surface area contributed by atoms with Crippen LogP contribution in [-0.4, -0.2) is 36.1 Å². The molecule has 3 nitrogen and oxygen atoms in total. The maximum atomic E-state index is 13.1. The first-order chi connectivity index (χ1) is 11.0. The lowest BCUT2D eigenvalue weighted by molar-refractivity contribution is -0.139. The van der Waals surface area contributed by atoms with Gasteiger partial charge in [-0.15, -0.1) is 0 Å². The number of amides is 1. The van der Waals surface area contributed by atoms with Crippen LogP contribution >= 0.6 is 0 Å². The summed E-state index contributed by atoms with van der Waals surface area (Å²) >= 11 is 0.